The maximum atomic E-state index is 14.4. The third-order valence-corrected chi connectivity index (χ3v) is 9.62. The van der Waals surface area contributed by atoms with Crippen molar-refractivity contribution >= 4 is 28.5 Å². The zero-order valence-corrected chi connectivity index (χ0v) is 25.8. The molecule has 1 aromatic heterocycles. The summed E-state index contributed by atoms with van der Waals surface area (Å²) in [5.74, 6) is -4.48. The van der Waals surface area contributed by atoms with E-state index in [1.807, 2.05) is 49.4 Å². The van der Waals surface area contributed by atoms with Gasteiger partial charge in [0.2, 0.25) is 11.3 Å². The molecule has 3 aromatic carbocycles. The predicted octanol–water partition coefficient (Wildman–Crippen LogP) is 4.51. The molecular formula is C35H32F2N4O6. The Bertz CT molecular complexity index is 2020. The minimum Gasteiger partial charge on any atom is -0.503 e. The van der Waals surface area contributed by atoms with Crippen LogP contribution >= 0.6 is 0 Å². The summed E-state index contributed by atoms with van der Waals surface area (Å²) in [5, 5.41) is 16.9. The van der Waals surface area contributed by atoms with E-state index in [0.29, 0.717) is 18.4 Å². The van der Waals surface area contributed by atoms with Gasteiger partial charge in [0.05, 0.1) is 19.0 Å². The van der Waals surface area contributed by atoms with Crippen LogP contribution in [0.5, 0.6) is 5.75 Å². The first kappa shape index (κ1) is 30.5. The monoisotopic (exact) mass is 642 g/mol. The highest BCUT2D eigenvalue weighted by molar-refractivity contribution is 5.99. The van der Waals surface area contributed by atoms with Gasteiger partial charge in [-0.25, -0.2) is 13.8 Å². The third kappa shape index (κ3) is 5.12. The van der Waals surface area contributed by atoms with Gasteiger partial charge in [-0.15, -0.1) is 0 Å². The molecule has 242 valence electrons. The molecule has 2 saturated heterocycles. The molecule has 3 atom stereocenters. The van der Waals surface area contributed by atoms with Crippen LogP contribution in [-0.4, -0.2) is 55.5 Å². The summed E-state index contributed by atoms with van der Waals surface area (Å²) >= 11 is 0. The van der Waals surface area contributed by atoms with Crippen LogP contribution in [-0.2, 0) is 22.7 Å². The predicted molar refractivity (Wildman–Crippen MR) is 166 cm³/mol. The van der Waals surface area contributed by atoms with E-state index in [1.54, 1.807) is 4.90 Å². The third-order valence-electron chi connectivity index (χ3n) is 9.62. The zero-order chi connectivity index (χ0) is 33.2. The summed E-state index contributed by atoms with van der Waals surface area (Å²) in [7, 11) is 0. The van der Waals surface area contributed by atoms with Gasteiger partial charge in [0.15, 0.2) is 11.4 Å². The second-order valence-electron chi connectivity index (χ2n) is 12.7. The second kappa shape index (κ2) is 11.3. The lowest BCUT2D eigenvalue weighted by molar-refractivity contribution is -0.218. The summed E-state index contributed by atoms with van der Waals surface area (Å²) in [5.41, 5.74) is -2.26. The van der Waals surface area contributed by atoms with Crippen LogP contribution in [0.2, 0.25) is 0 Å². The van der Waals surface area contributed by atoms with E-state index in [2.05, 4.69) is 5.32 Å². The van der Waals surface area contributed by atoms with Crippen molar-refractivity contribution in [1.82, 2.24) is 19.8 Å². The lowest BCUT2D eigenvalue weighted by atomic mass is 9.85. The maximum Gasteiger partial charge on any atom is 0.274 e. The van der Waals surface area contributed by atoms with Gasteiger partial charge in [-0.05, 0) is 66.8 Å². The van der Waals surface area contributed by atoms with Crippen molar-refractivity contribution in [2.24, 2.45) is 0 Å². The number of nitrogens with one attached hydrogen (secondary N) is 1. The number of hydroxylamine groups is 2. The van der Waals surface area contributed by atoms with E-state index in [1.165, 1.54) is 22.8 Å². The van der Waals surface area contributed by atoms with Gasteiger partial charge in [0, 0.05) is 30.9 Å². The van der Waals surface area contributed by atoms with Crippen LogP contribution < -0.4 is 10.7 Å². The minimum absolute atomic E-state index is 0.0279. The van der Waals surface area contributed by atoms with E-state index in [0.717, 1.165) is 28.5 Å². The van der Waals surface area contributed by atoms with Gasteiger partial charge < -0.3 is 19.9 Å². The number of benzene rings is 3. The van der Waals surface area contributed by atoms with E-state index < -0.39 is 63.9 Å². The normalized spacial score (nSPS) is 22.1. The Morgan fingerprint density at radius 1 is 1.06 bits per heavy atom. The molecule has 12 heteroatoms. The Morgan fingerprint density at radius 3 is 2.53 bits per heavy atom. The number of amides is 3. The molecule has 3 aliphatic rings. The number of pyridine rings is 1. The lowest BCUT2D eigenvalue weighted by Gasteiger charge is -2.42. The smallest absolute Gasteiger partial charge is 0.274 e. The van der Waals surface area contributed by atoms with Gasteiger partial charge in [-0.2, -0.15) is 0 Å². The number of rotatable bonds is 5. The van der Waals surface area contributed by atoms with Crippen molar-refractivity contribution in [3.63, 3.8) is 0 Å². The van der Waals surface area contributed by atoms with Crippen LogP contribution in [0.1, 0.15) is 69.8 Å². The molecule has 1 spiro atoms. The maximum absolute atomic E-state index is 14.4. The fraction of sp³-hybridized carbons (Fsp3) is 0.314. The highest BCUT2D eigenvalue weighted by Gasteiger charge is 2.56. The molecule has 2 N–H and O–H groups in total. The van der Waals surface area contributed by atoms with Gasteiger partial charge in [-0.3, -0.25) is 24.0 Å². The molecule has 0 radical (unpaired) electrons. The summed E-state index contributed by atoms with van der Waals surface area (Å²) in [4.78, 5) is 61.8. The Morgan fingerprint density at radius 2 is 1.79 bits per heavy atom. The number of hydrogen-bond acceptors (Lipinski definition) is 6. The molecule has 0 unspecified atom stereocenters. The molecule has 4 aromatic rings. The van der Waals surface area contributed by atoms with Crippen molar-refractivity contribution in [2.45, 2.75) is 63.9 Å². The molecule has 47 heavy (non-hydrogen) atoms. The van der Waals surface area contributed by atoms with Crippen molar-refractivity contribution in [2.75, 3.05) is 6.54 Å². The SMILES string of the molecule is Cc1cc(F)c(CNC(=O)c2cn3c(c(O)c2=O)C(=O)N2C[C@@H]3[C@]3(CC[C@@H]2C)CC(=O)N(Cc2ccc4ccccc4c2)O3)c(F)c1. The van der Waals surface area contributed by atoms with E-state index in [-0.39, 0.29) is 37.2 Å². The largest absolute Gasteiger partial charge is 0.503 e. The van der Waals surface area contributed by atoms with Crippen molar-refractivity contribution in [1.29, 1.82) is 0 Å². The van der Waals surface area contributed by atoms with Gasteiger partial charge in [0.25, 0.3) is 11.8 Å². The van der Waals surface area contributed by atoms with E-state index >= 15 is 0 Å². The summed E-state index contributed by atoms with van der Waals surface area (Å²) in [6.45, 7) is 3.11. The number of nitrogens with zero attached hydrogens (tertiary/aromatic N) is 3. The molecule has 3 amide bonds. The molecule has 0 saturated carbocycles. The van der Waals surface area contributed by atoms with E-state index in [4.69, 9.17) is 4.84 Å². The molecule has 2 bridgehead atoms. The number of halogens is 2. The molecule has 4 heterocycles. The Labute approximate surface area is 268 Å². The number of aromatic nitrogens is 1. The summed E-state index contributed by atoms with van der Waals surface area (Å²) in [6, 6.07) is 15.0. The van der Waals surface area contributed by atoms with Crippen molar-refractivity contribution in [3.05, 3.63) is 111 Å². The average Bonchev–Trinajstić information content (AvgIpc) is 3.29. The Hall–Kier alpha value is -5.10. The quantitative estimate of drug-likeness (QED) is 0.331. The number of carbonyl (C=O) groups is 3. The van der Waals surface area contributed by atoms with Crippen molar-refractivity contribution in [3.8, 4) is 5.75 Å². The topological polar surface area (TPSA) is 121 Å². The number of fused-ring (bicyclic) bond motifs is 6. The number of carbonyl (C=O) groups excluding carboxylic acids is 3. The molecule has 2 fully saturated rings. The van der Waals surface area contributed by atoms with Gasteiger partial charge in [0.1, 0.15) is 22.8 Å². The zero-order valence-electron chi connectivity index (χ0n) is 25.8. The molecule has 3 aliphatic heterocycles. The van der Waals surface area contributed by atoms with Crippen LogP contribution in [0.4, 0.5) is 8.78 Å². The Balaban J connectivity index is 1.23. The first-order chi connectivity index (χ1) is 22.5. The fourth-order valence-electron chi connectivity index (χ4n) is 7.05. The number of hydrogen-bond donors (Lipinski definition) is 2. The first-order valence-corrected chi connectivity index (χ1v) is 15.4. The highest BCUT2D eigenvalue weighted by Crippen LogP contribution is 2.47. The Kier molecular flexibility index (Phi) is 7.35. The summed E-state index contributed by atoms with van der Waals surface area (Å²) < 4.78 is 30.2. The van der Waals surface area contributed by atoms with Gasteiger partial charge >= 0.3 is 0 Å². The molecule has 7 rings (SSSR count). The number of aromatic hydroxyl groups is 1. The van der Waals surface area contributed by atoms with Crippen LogP contribution in [0.3, 0.4) is 0 Å². The fourth-order valence-corrected chi connectivity index (χ4v) is 7.05. The minimum atomic E-state index is -1.16. The average molecular weight is 643 g/mol. The first-order valence-electron chi connectivity index (χ1n) is 15.4. The van der Waals surface area contributed by atoms with E-state index in [9.17, 15) is 33.1 Å². The molecule has 0 aliphatic carbocycles. The van der Waals surface area contributed by atoms with Gasteiger partial charge in [-0.1, -0.05) is 36.4 Å². The number of aryl methyl sites for hydroxylation is 1. The lowest BCUT2D eigenvalue weighted by Crippen LogP contribution is -2.52. The van der Waals surface area contributed by atoms with Crippen molar-refractivity contribution < 1.29 is 33.1 Å². The second-order valence-corrected chi connectivity index (χ2v) is 12.7. The standard InChI is InChI=1S/C35H32F2N4O6/c1-19-11-26(36)24(27(37)12-19)15-38-33(45)25-17-40-28-18-39(34(46)30(40)32(44)31(25)43)20(2)9-10-35(28)14-29(42)41(47-35)16-21-7-8-22-5-3-4-6-23(22)13-21/h3-8,11-13,17,20,28,44H,9-10,14-16,18H2,1-2H3,(H,38,45)/t20-,28+,35-/m0/s1. The highest BCUT2D eigenvalue weighted by atomic mass is 19.1. The van der Waals surface area contributed by atoms with Crippen LogP contribution in [0.15, 0.2) is 65.6 Å². The van der Waals surface area contributed by atoms with Crippen LogP contribution in [0, 0.1) is 18.6 Å². The molecular weight excluding hydrogens is 610 g/mol. The molecule has 10 nitrogen and oxygen atoms in total. The summed E-state index contributed by atoms with van der Waals surface area (Å²) in [6.07, 6.45) is 2.01. The van der Waals surface area contributed by atoms with Crippen LogP contribution in [0.25, 0.3) is 10.8 Å².